The van der Waals surface area contributed by atoms with Crippen LogP contribution in [0.25, 0.3) is 11.1 Å². The second-order valence-corrected chi connectivity index (χ2v) is 9.21. The lowest BCUT2D eigenvalue weighted by Crippen LogP contribution is -2.47. The minimum Gasteiger partial charge on any atom is -0.444 e. The summed E-state index contributed by atoms with van der Waals surface area (Å²) in [6, 6.07) is 5.10. The maximum atomic E-state index is 12.9. The van der Waals surface area contributed by atoms with Crippen LogP contribution in [0.1, 0.15) is 55.2 Å². The molecule has 2 aromatic rings. The van der Waals surface area contributed by atoms with E-state index in [2.05, 4.69) is 10.3 Å². The third-order valence-corrected chi connectivity index (χ3v) is 5.38. The summed E-state index contributed by atoms with van der Waals surface area (Å²) in [5.74, 6) is -1.17. The van der Waals surface area contributed by atoms with E-state index in [1.165, 1.54) is 29.3 Å². The summed E-state index contributed by atoms with van der Waals surface area (Å²) in [6.45, 7) is 5.60. The van der Waals surface area contributed by atoms with Crippen LogP contribution in [0.5, 0.6) is 0 Å². The van der Waals surface area contributed by atoms with E-state index in [1.807, 2.05) is 0 Å². The van der Waals surface area contributed by atoms with Crippen molar-refractivity contribution in [3.63, 3.8) is 0 Å². The molecule has 0 bridgehead atoms. The summed E-state index contributed by atoms with van der Waals surface area (Å²) in [5.41, 5.74) is 4.93. The SMILES string of the molecule is CC(C)(C)OC(=O)N1CCCC1C(=O)NCc1cc(-c2ccc(C(F)(F)F)cc2)c(C(N)=O)cn1. The van der Waals surface area contributed by atoms with Gasteiger partial charge in [0.25, 0.3) is 5.91 Å². The van der Waals surface area contributed by atoms with Gasteiger partial charge in [-0.1, -0.05) is 12.1 Å². The average Bonchev–Trinajstić information content (AvgIpc) is 3.26. The van der Waals surface area contributed by atoms with E-state index >= 15 is 0 Å². The van der Waals surface area contributed by atoms with Crippen LogP contribution in [-0.2, 0) is 22.3 Å². The lowest BCUT2D eigenvalue weighted by atomic mass is 9.99. The molecule has 8 nitrogen and oxygen atoms in total. The van der Waals surface area contributed by atoms with Gasteiger partial charge in [0.05, 0.1) is 23.4 Å². The molecule has 0 aliphatic carbocycles. The average molecular weight is 492 g/mol. The molecule has 1 fully saturated rings. The van der Waals surface area contributed by atoms with Crippen LogP contribution in [-0.4, -0.2) is 46.0 Å². The summed E-state index contributed by atoms with van der Waals surface area (Å²) < 4.78 is 44.1. The van der Waals surface area contributed by atoms with Gasteiger partial charge in [-0.3, -0.25) is 19.5 Å². The van der Waals surface area contributed by atoms with Gasteiger partial charge in [0.2, 0.25) is 5.91 Å². The van der Waals surface area contributed by atoms with Gasteiger partial charge in [-0.05, 0) is 62.9 Å². The first kappa shape index (κ1) is 26.0. The number of hydrogen-bond acceptors (Lipinski definition) is 5. The molecule has 1 aliphatic rings. The molecule has 0 spiro atoms. The molecule has 1 aliphatic heterocycles. The Morgan fingerprint density at radius 2 is 1.83 bits per heavy atom. The van der Waals surface area contributed by atoms with Crippen LogP contribution < -0.4 is 11.1 Å². The highest BCUT2D eigenvalue weighted by Crippen LogP contribution is 2.32. The Balaban J connectivity index is 1.76. The Kier molecular flexibility index (Phi) is 7.37. The van der Waals surface area contributed by atoms with E-state index < -0.39 is 35.4 Å². The van der Waals surface area contributed by atoms with Crippen molar-refractivity contribution in [1.29, 1.82) is 0 Å². The highest BCUT2D eigenvalue weighted by molar-refractivity contribution is 5.99. The number of carbonyl (C=O) groups is 3. The van der Waals surface area contributed by atoms with Crippen LogP contribution in [0.15, 0.2) is 36.5 Å². The van der Waals surface area contributed by atoms with Crippen LogP contribution in [0, 0.1) is 0 Å². The molecular formula is C24H27F3N4O4. The molecule has 2 heterocycles. The van der Waals surface area contributed by atoms with Crippen molar-refractivity contribution >= 4 is 17.9 Å². The van der Waals surface area contributed by atoms with Crippen LogP contribution in [0.4, 0.5) is 18.0 Å². The molecule has 1 unspecified atom stereocenters. The molecular weight excluding hydrogens is 465 g/mol. The van der Waals surface area contributed by atoms with Gasteiger partial charge in [0.1, 0.15) is 11.6 Å². The second kappa shape index (κ2) is 9.93. The molecule has 1 aromatic heterocycles. The highest BCUT2D eigenvalue weighted by Gasteiger charge is 2.36. The predicted molar refractivity (Wildman–Crippen MR) is 121 cm³/mol. The van der Waals surface area contributed by atoms with Crippen molar-refractivity contribution in [1.82, 2.24) is 15.2 Å². The molecule has 11 heteroatoms. The van der Waals surface area contributed by atoms with Crippen molar-refractivity contribution in [2.45, 2.75) is 58.0 Å². The van der Waals surface area contributed by atoms with Gasteiger partial charge < -0.3 is 15.8 Å². The zero-order chi connectivity index (χ0) is 26.0. The second-order valence-electron chi connectivity index (χ2n) is 9.21. The van der Waals surface area contributed by atoms with Crippen LogP contribution in [0.2, 0.25) is 0 Å². The van der Waals surface area contributed by atoms with Crippen LogP contribution >= 0.6 is 0 Å². The number of halogens is 3. The summed E-state index contributed by atoms with van der Waals surface area (Å²) >= 11 is 0. The number of amides is 3. The number of ether oxygens (including phenoxy) is 1. The molecule has 3 amide bonds. The molecule has 1 saturated heterocycles. The number of carbonyl (C=O) groups excluding carboxylic acids is 3. The number of primary amides is 1. The van der Waals surface area contributed by atoms with Gasteiger partial charge in [0, 0.05) is 12.7 Å². The van der Waals surface area contributed by atoms with E-state index in [0.29, 0.717) is 36.2 Å². The monoisotopic (exact) mass is 492 g/mol. The fraction of sp³-hybridized carbons (Fsp3) is 0.417. The van der Waals surface area contributed by atoms with E-state index in [0.717, 1.165) is 12.1 Å². The summed E-state index contributed by atoms with van der Waals surface area (Å²) in [4.78, 5) is 42.6. The fourth-order valence-electron chi connectivity index (χ4n) is 3.74. The lowest BCUT2D eigenvalue weighted by Gasteiger charge is -2.28. The minimum atomic E-state index is -4.49. The zero-order valence-corrected chi connectivity index (χ0v) is 19.6. The quantitative estimate of drug-likeness (QED) is 0.658. The largest absolute Gasteiger partial charge is 0.444 e. The zero-order valence-electron chi connectivity index (χ0n) is 19.6. The van der Waals surface area contributed by atoms with Crippen molar-refractivity contribution in [3.05, 3.63) is 53.3 Å². The number of nitrogens with one attached hydrogen (secondary N) is 1. The standard InChI is InChI=1S/C24H27F3N4O4/c1-23(2,3)35-22(34)31-10-4-5-19(31)21(33)30-12-16-11-17(18(13-29-16)20(28)32)14-6-8-15(9-7-14)24(25,26)27/h6-9,11,13,19H,4-5,10,12H2,1-3H3,(H2,28,32)(H,30,33). The number of alkyl halides is 3. The first-order chi connectivity index (χ1) is 16.3. The molecule has 3 N–H and O–H groups in total. The van der Waals surface area contributed by atoms with Gasteiger partial charge in [0.15, 0.2) is 0 Å². The Hall–Kier alpha value is -3.63. The molecule has 0 saturated carbocycles. The molecule has 0 radical (unpaired) electrons. The Labute approximate surface area is 200 Å². The predicted octanol–water partition coefficient (Wildman–Crippen LogP) is 3.88. The molecule has 1 atom stereocenters. The Morgan fingerprint density at radius 3 is 2.40 bits per heavy atom. The maximum Gasteiger partial charge on any atom is 0.416 e. The number of hydrogen-bond donors (Lipinski definition) is 2. The fourth-order valence-corrected chi connectivity index (χ4v) is 3.74. The normalized spacial score (nSPS) is 16.2. The number of pyridine rings is 1. The van der Waals surface area contributed by atoms with E-state index in [-0.39, 0.29) is 18.0 Å². The number of aromatic nitrogens is 1. The molecule has 1 aromatic carbocycles. The van der Waals surface area contributed by atoms with Gasteiger partial charge in [-0.2, -0.15) is 13.2 Å². The third-order valence-electron chi connectivity index (χ3n) is 5.38. The van der Waals surface area contributed by atoms with Crippen molar-refractivity contribution in [2.75, 3.05) is 6.54 Å². The lowest BCUT2D eigenvalue weighted by molar-refractivity contribution is -0.137. The van der Waals surface area contributed by atoms with E-state index in [4.69, 9.17) is 10.5 Å². The number of rotatable bonds is 5. The summed E-state index contributed by atoms with van der Waals surface area (Å²) in [7, 11) is 0. The Bertz CT molecular complexity index is 1110. The number of benzene rings is 1. The van der Waals surface area contributed by atoms with Crippen molar-refractivity contribution < 1.29 is 32.3 Å². The van der Waals surface area contributed by atoms with E-state index in [9.17, 15) is 27.6 Å². The van der Waals surface area contributed by atoms with Gasteiger partial charge in [-0.25, -0.2) is 4.79 Å². The van der Waals surface area contributed by atoms with Gasteiger partial charge >= 0.3 is 12.3 Å². The van der Waals surface area contributed by atoms with Crippen molar-refractivity contribution in [2.24, 2.45) is 5.73 Å². The first-order valence-corrected chi connectivity index (χ1v) is 11.0. The van der Waals surface area contributed by atoms with E-state index in [1.54, 1.807) is 20.8 Å². The molecule has 35 heavy (non-hydrogen) atoms. The Morgan fingerprint density at radius 1 is 1.17 bits per heavy atom. The highest BCUT2D eigenvalue weighted by atomic mass is 19.4. The molecule has 3 rings (SSSR count). The van der Waals surface area contributed by atoms with Gasteiger partial charge in [-0.15, -0.1) is 0 Å². The summed E-state index contributed by atoms with van der Waals surface area (Å²) in [5, 5.41) is 2.73. The number of nitrogens with zero attached hydrogens (tertiary/aromatic N) is 2. The summed E-state index contributed by atoms with van der Waals surface area (Å²) in [6.07, 6.45) is -2.70. The van der Waals surface area contributed by atoms with Crippen molar-refractivity contribution in [3.8, 4) is 11.1 Å². The number of nitrogens with two attached hydrogens (primary N) is 1. The smallest absolute Gasteiger partial charge is 0.416 e. The first-order valence-electron chi connectivity index (χ1n) is 11.0. The number of likely N-dealkylation sites (tertiary alicyclic amines) is 1. The molecule has 188 valence electrons. The maximum absolute atomic E-state index is 12.9. The van der Waals surface area contributed by atoms with Crippen LogP contribution in [0.3, 0.4) is 0 Å². The minimum absolute atomic E-state index is 0.0236. The topological polar surface area (TPSA) is 115 Å². The third kappa shape index (κ3) is 6.49.